The molecule has 2 N–H and O–H groups in total. The number of hydrogen-bond donors (Lipinski definition) is 2. The van der Waals surface area contributed by atoms with Crippen LogP contribution in [0.15, 0.2) is 24.3 Å². The molecule has 4 nitrogen and oxygen atoms in total. The standard InChI is InChI=1S/C30H46Cl2N4/c1-3-5-7-9-11-13-15-28(31)23-35-30(26-19-17-25(18-20-26)27(21-33)22-34)36-24-29(32)16-14-12-10-8-6-4-2/h17-20,28-29,35-36H,3-16,23-24H2,1-2H3. The fourth-order valence-corrected chi connectivity index (χ4v) is 4.61. The molecule has 0 aromatic heterocycles. The number of nitrogens with one attached hydrogen (secondary N) is 2. The van der Waals surface area contributed by atoms with Crippen LogP contribution in [0, 0.1) is 22.7 Å². The molecule has 0 aliphatic carbocycles. The third kappa shape index (κ3) is 14.6. The maximum atomic E-state index is 9.14. The topological polar surface area (TPSA) is 71.6 Å². The van der Waals surface area contributed by atoms with Crippen molar-refractivity contribution in [1.29, 1.82) is 10.5 Å². The minimum Gasteiger partial charge on any atom is -0.370 e. The monoisotopic (exact) mass is 532 g/mol. The van der Waals surface area contributed by atoms with Crippen LogP contribution >= 0.6 is 23.2 Å². The van der Waals surface area contributed by atoms with Gasteiger partial charge in [0, 0.05) is 23.5 Å². The van der Waals surface area contributed by atoms with Gasteiger partial charge in [-0.25, -0.2) is 0 Å². The highest BCUT2D eigenvalue weighted by atomic mass is 35.5. The van der Waals surface area contributed by atoms with Crippen molar-refractivity contribution in [3.8, 4) is 12.1 Å². The predicted molar refractivity (Wildman–Crippen MR) is 155 cm³/mol. The van der Waals surface area contributed by atoms with Crippen molar-refractivity contribution in [2.45, 2.75) is 114 Å². The Morgan fingerprint density at radius 1 is 0.667 bits per heavy atom. The van der Waals surface area contributed by atoms with Crippen LogP contribution in [0.3, 0.4) is 0 Å². The second-order valence-electron chi connectivity index (χ2n) is 9.62. The van der Waals surface area contributed by atoms with Gasteiger partial charge in [-0.15, -0.1) is 23.2 Å². The third-order valence-electron chi connectivity index (χ3n) is 6.43. The van der Waals surface area contributed by atoms with Crippen LogP contribution in [0.2, 0.25) is 0 Å². The number of alkyl halides is 2. The van der Waals surface area contributed by atoms with E-state index >= 15 is 0 Å². The molecule has 1 aromatic rings. The van der Waals surface area contributed by atoms with Gasteiger partial charge in [-0.3, -0.25) is 0 Å². The maximum Gasteiger partial charge on any atom is 0.136 e. The zero-order valence-corrected chi connectivity index (χ0v) is 23.9. The molecule has 0 spiro atoms. The van der Waals surface area contributed by atoms with Crippen molar-refractivity contribution in [3.05, 3.63) is 34.7 Å². The highest BCUT2D eigenvalue weighted by molar-refractivity contribution is 6.21. The molecule has 36 heavy (non-hydrogen) atoms. The lowest BCUT2D eigenvalue weighted by Gasteiger charge is -2.18. The third-order valence-corrected chi connectivity index (χ3v) is 7.17. The van der Waals surface area contributed by atoms with Crippen molar-refractivity contribution < 1.29 is 0 Å². The van der Waals surface area contributed by atoms with Crippen molar-refractivity contribution in [2.75, 3.05) is 13.1 Å². The molecule has 0 fully saturated rings. The zero-order chi connectivity index (χ0) is 26.4. The molecule has 2 atom stereocenters. The van der Waals surface area contributed by atoms with Crippen molar-refractivity contribution in [1.82, 2.24) is 10.6 Å². The first-order chi connectivity index (χ1) is 17.5. The maximum absolute atomic E-state index is 9.14. The van der Waals surface area contributed by atoms with Gasteiger partial charge in [-0.05, 0) is 12.8 Å². The van der Waals surface area contributed by atoms with Crippen molar-refractivity contribution >= 4 is 34.6 Å². The van der Waals surface area contributed by atoms with E-state index in [-0.39, 0.29) is 16.3 Å². The molecule has 0 bridgehead atoms. The van der Waals surface area contributed by atoms with Crippen LogP contribution in [0.1, 0.15) is 104 Å². The van der Waals surface area contributed by atoms with Gasteiger partial charge in [0.1, 0.15) is 23.5 Å². The predicted octanol–water partition coefficient (Wildman–Crippen LogP) is 6.85. The Bertz CT molecular complexity index is 849. The van der Waals surface area contributed by atoms with Gasteiger partial charge >= 0.3 is 0 Å². The summed E-state index contributed by atoms with van der Waals surface area (Å²) in [6.07, 6.45) is 17.1. The van der Waals surface area contributed by atoms with Gasteiger partial charge in [-0.2, -0.15) is 10.5 Å². The summed E-state index contributed by atoms with van der Waals surface area (Å²) in [5.74, 6) is 0.888. The first kappa shape index (κ1) is 32.1. The van der Waals surface area contributed by atoms with Gasteiger partial charge in [0.05, 0.1) is 10.8 Å². The van der Waals surface area contributed by atoms with Crippen LogP contribution < -0.4 is 21.1 Å². The largest absolute Gasteiger partial charge is 0.370 e. The van der Waals surface area contributed by atoms with Crippen LogP contribution in [-0.2, 0) is 0 Å². The van der Waals surface area contributed by atoms with E-state index in [0.717, 1.165) is 36.7 Å². The van der Waals surface area contributed by atoms with Crippen molar-refractivity contribution in [3.63, 3.8) is 0 Å². The average molecular weight is 534 g/mol. The molecule has 0 radical (unpaired) electrons. The summed E-state index contributed by atoms with van der Waals surface area (Å²) in [7, 11) is 0. The molecule has 0 amide bonds. The minimum atomic E-state index is 0.0549. The molecule has 0 aliphatic rings. The van der Waals surface area contributed by atoms with E-state index in [1.807, 2.05) is 36.4 Å². The van der Waals surface area contributed by atoms with E-state index in [4.69, 9.17) is 33.7 Å². The van der Waals surface area contributed by atoms with Crippen molar-refractivity contribution in [2.24, 2.45) is 0 Å². The molecule has 200 valence electrons. The number of hydrogen-bond acceptors (Lipinski definition) is 4. The van der Waals surface area contributed by atoms with Crippen LogP contribution in [0.25, 0.3) is 11.4 Å². The minimum absolute atomic E-state index is 0.0549. The fraction of sp³-hybridized carbons (Fsp3) is 0.667. The van der Waals surface area contributed by atoms with Gasteiger partial charge in [0.2, 0.25) is 0 Å². The number of nitrogens with zero attached hydrogens (tertiary/aromatic N) is 2. The molecule has 1 rings (SSSR count). The molecular formula is C30H46Cl2N4. The Kier molecular flexibility index (Phi) is 19.0. The molecule has 1 aromatic carbocycles. The van der Waals surface area contributed by atoms with Gasteiger partial charge in [0.15, 0.2) is 0 Å². The second kappa shape index (κ2) is 21.2. The van der Waals surface area contributed by atoms with Gasteiger partial charge in [0.25, 0.3) is 0 Å². The summed E-state index contributed by atoms with van der Waals surface area (Å²) in [6.45, 7) is 5.81. The summed E-state index contributed by atoms with van der Waals surface area (Å²) >= 11 is 13.3. The average Bonchev–Trinajstić information content (AvgIpc) is 2.89. The normalized spacial score (nSPS) is 12.3. The Labute approximate surface area is 229 Å². The zero-order valence-electron chi connectivity index (χ0n) is 22.4. The van der Waals surface area contributed by atoms with Crippen LogP contribution in [0.5, 0.6) is 0 Å². The Morgan fingerprint density at radius 3 is 1.47 bits per heavy atom. The molecule has 0 saturated carbocycles. The van der Waals surface area contributed by atoms with E-state index in [9.17, 15) is 0 Å². The van der Waals surface area contributed by atoms with Crippen LogP contribution in [0.4, 0.5) is 0 Å². The number of unbranched alkanes of at least 4 members (excludes halogenated alkanes) is 10. The van der Waals surface area contributed by atoms with E-state index < -0.39 is 0 Å². The fourth-order valence-electron chi connectivity index (χ4n) is 4.15. The second-order valence-corrected chi connectivity index (χ2v) is 10.9. The number of nitriles is 2. The highest BCUT2D eigenvalue weighted by Gasteiger charge is 2.09. The van der Waals surface area contributed by atoms with E-state index in [1.54, 1.807) is 0 Å². The first-order valence-electron chi connectivity index (χ1n) is 14.0. The Hall–Kier alpha value is -1.88. The Morgan fingerprint density at radius 2 is 1.06 bits per heavy atom. The summed E-state index contributed by atoms with van der Waals surface area (Å²) in [5, 5.41) is 27.0. The number of rotatable bonds is 20. The molecule has 0 aliphatic heterocycles. The number of benzene rings is 1. The molecule has 2 unspecified atom stereocenters. The van der Waals surface area contributed by atoms with E-state index in [0.29, 0.717) is 18.3 Å². The van der Waals surface area contributed by atoms with Gasteiger partial charge < -0.3 is 10.6 Å². The number of halogens is 2. The summed E-state index contributed by atoms with van der Waals surface area (Å²) in [4.78, 5) is 0. The molecule has 6 heteroatoms. The van der Waals surface area contributed by atoms with E-state index in [2.05, 4.69) is 24.5 Å². The summed E-state index contributed by atoms with van der Waals surface area (Å²) < 4.78 is 0. The van der Waals surface area contributed by atoms with Crippen LogP contribution in [-0.4, -0.2) is 23.8 Å². The summed E-state index contributed by atoms with van der Waals surface area (Å²) in [5.41, 5.74) is 0.114. The SMILES string of the molecule is CCCCCCCCC(Cl)CNC(NCC(Cl)CCCCCCCC)=c1ccc(=C(C#N)C#N)cc1. The first-order valence-corrected chi connectivity index (χ1v) is 14.8. The molecular weight excluding hydrogens is 487 g/mol. The smallest absolute Gasteiger partial charge is 0.136 e. The lowest BCUT2D eigenvalue weighted by atomic mass is 10.1. The Balaban J connectivity index is 2.73. The quantitative estimate of drug-likeness (QED) is 0.142. The van der Waals surface area contributed by atoms with E-state index in [1.165, 1.54) is 64.2 Å². The highest BCUT2D eigenvalue weighted by Crippen LogP contribution is 2.13. The lowest BCUT2D eigenvalue weighted by molar-refractivity contribution is 0.565. The van der Waals surface area contributed by atoms with Gasteiger partial charge in [-0.1, -0.05) is 115 Å². The summed E-state index contributed by atoms with van der Waals surface area (Å²) in [6, 6.07) is 11.4. The molecule has 0 saturated heterocycles. The molecule has 0 heterocycles. The lowest BCUT2D eigenvalue weighted by Crippen LogP contribution is -2.37.